The number of ether oxygens (including phenoxy) is 1. The third-order valence-corrected chi connectivity index (χ3v) is 4.02. The Bertz CT molecular complexity index is 585. The van der Waals surface area contributed by atoms with Gasteiger partial charge in [0.25, 0.3) is 0 Å². The van der Waals surface area contributed by atoms with Crippen LogP contribution in [0.25, 0.3) is 0 Å². The summed E-state index contributed by atoms with van der Waals surface area (Å²) in [5.74, 6) is 0.150. The minimum Gasteiger partial charge on any atom is -0.444 e. The van der Waals surface area contributed by atoms with Gasteiger partial charge in [0.2, 0.25) is 0 Å². The lowest BCUT2D eigenvalue weighted by Crippen LogP contribution is -2.47. The summed E-state index contributed by atoms with van der Waals surface area (Å²) in [6.07, 6.45) is 1.30. The van der Waals surface area contributed by atoms with Crippen molar-refractivity contribution in [2.75, 3.05) is 19.6 Å². The highest BCUT2D eigenvalue weighted by Gasteiger charge is 2.24. The number of hydrogen-bond donors (Lipinski definition) is 1. The molecule has 1 aliphatic heterocycles. The first-order chi connectivity index (χ1) is 11.2. The summed E-state index contributed by atoms with van der Waals surface area (Å²) in [5.41, 5.74) is 1.38. The van der Waals surface area contributed by atoms with E-state index in [2.05, 4.69) is 10.2 Å². The molecule has 5 heteroatoms. The number of carbonyl (C=O) groups excluding carboxylic acids is 2. The zero-order valence-corrected chi connectivity index (χ0v) is 15.1. The Morgan fingerprint density at radius 2 is 1.92 bits per heavy atom. The van der Waals surface area contributed by atoms with Crippen molar-refractivity contribution in [2.24, 2.45) is 0 Å². The molecule has 0 saturated carbocycles. The number of likely N-dealkylation sites (tertiary alicyclic amines) is 1. The molecule has 0 radical (unpaired) electrons. The van der Waals surface area contributed by atoms with Gasteiger partial charge in [-0.05, 0) is 46.6 Å². The maximum absolute atomic E-state index is 12.3. The standard InChI is InChI=1S/C19H28N2O3/c1-14-6-5-7-15(12-14)17(22)13-21-10-8-16(9-11-21)20-18(23)24-19(2,3)4/h5-7,12,16H,8-11,13H2,1-4H3,(H,20,23). The molecule has 0 unspecified atom stereocenters. The van der Waals surface area contributed by atoms with Gasteiger partial charge >= 0.3 is 6.09 Å². The molecule has 1 aromatic rings. The number of nitrogens with zero attached hydrogens (tertiary/aromatic N) is 1. The van der Waals surface area contributed by atoms with Gasteiger partial charge in [0, 0.05) is 24.7 Å². The van der Waals surface area contributed by atoms with Gasteiger partial charge in [-0.1, -0.05) is 23.8 Å². The number of amides is 1. The van der Waals surface area contributed by atoms with Gasteiger partial charge in [-0.3, -0.25) is 9.69 Å². The number of benzene rings is 1. The van der Waals surface area contributed by atoms with Crippen LogP contribution in [0.15, 0.2) is 24.3 Å². The number of alkyl carbamates (subject to hydrolysis) is 1. The van der Waals surface area contributed by atoms with Crippen LogP contribution in [0.3, 0.4) is 0 Å². The molecule has 1 saturated heterocycles. The summed E-state index contributed by atoms with van der Waals surface area (Å²) in [4.78, 5) is 26.3. The van der Waals surface area contributed by atoms with Crippen LogP contribution in [0.4, 0.5) is 4.79 Å². The van der Waals surface area contributed by atoms with Gasteiger partial charge in [-0.25, -0.2) is 4.79 Å². The average Bonchev–Trinajstić information content (AvgIpc) is 2.47. The molecule has 2 rings (SSSR count). The van der Waals surface area contributed by atoms with Crippen LogP contribution in [0.5, 0.6) is 0 Å². The van der Waals surface area contributed by atoms with E-state index in [1.165, 1.54) is 0 Å². The predicted molar refractivity (Wildman–Crippen MR) is 94.3 cm³/mol. The van der Waals surface area contributed by atoms with Crippen molar-refractivity contribution in [3.8, 4) is 0 Å². The summed E-state index contributed by atoms with van der Waals surface area (Å²) >= 11 is 0. The van der Waals surface area contributed by atoms with Crippen molar-refractivity contribution in [1.29, 1.82) is 0 Å². The van der Waals surface area contributed by atoms with Gasteiger partial charge in [0.05, 0.1) is 6.54 Å². The molecule has 1 amide bonds. The molecular formula is C19H28N2O3. The van der Waals surface area contributed by atoms with Crippen LogP contribution in [-0.2, 0) is 4.74 Å². The van der Waals surface area contributed by atoms with Crippen molar-refractivity contribution in [3.05, 3.63) is 35.4 Å². The second-order valence-electron chi connectivity index (χ2n) is 7.49. The van der Waals surface area contributed by atoms with Gasteiger partial charge in [-0.2, -0.15) is 0 Å². The molecule has 1 aromatic carbocycles. The Kier molecular flexibility index (Phi) is 5.99. The number of rotatable bonds is 4. The van der Waals surface area contributed by atoms with E-state index in [-0.39, 0.29) is 17.9 Å². The third-order valence-electron chi connectivity index (χ3n) is 4.02. The number of carbonyl (C=O) groups is 2. The van der Waals surface area contributed by atoms with E-state index in [0.717, 1.165) is 37.1 Å². The lowest BCUT2D eigenvalue weighted by Gasteiger charge is -2.32. The Balaban J connectivity index is 1.76. The highest BCUT2D eigenvalue weighted by atomic mass is 16.6. The normalized spacial score (nSPS) is 16.7. The van der Waals surface area contributed by atoms with E-state index >= 15 is 0 Å². The largest absolute Gasteiger partial charge is 0.444 e. The van der Waals surface area contributed by atoms with Gasteiger partial charge in [0.15, 0.2) is 5.78 Å². The van der Waals surface area contributed by atoms with Gasteiger partial charge in [0.1, 0.15) is 5.60 Å². The Morgan fingerprint density at radius 1 is 1.25 bits per heavy atom. The molecule has 1 heterocycles. The van der Waals surface area contributed by atoms with Crippen molar-refractivity contribution < 1.29 is 14.3 Å². The molecule has 1 N–H and O–H groups in total. The van der Waals surface area contributed by atoms with Crippen LogP contribution in [0.2, 0.25) is 0 Å². The van der Waals surface area contributed by atoms with E-state index in [1.807, 2.05) is 52.0 Å². The second kappa shape index (κ2) is 7.79. The van der Waals surface area contributed by atoms with Crippen molar-refractivity contribution in [1.82, 2.24) is 10.2 Å². The fourth-order valence-electron chi connectivity index (χ4n) is 2.82. The van der Waals surface area contributed by atoms with Crippen LogP contribution in [-0.4, -0.2) is 48.1 Å². The maximum Gasteiger partial charge on any atom is 0.407 e. The van der Waals surface area contributed by atoms with E-state index in [4.69, 9.17) is 4.74 Å². The van der Waals surface area contributed by atoms with Crippen molar-refractivity contribution in [2.45, 2.75) is 52.2 Å². The number of aryl methyl sites for hydroxylation is 1. The zero-order chi connectivity index (χ0) is 17.7. The number of nitrogens with one attached hydrogen (secondary N) is 1. The van der Waals surface area contributed by atoms with E-state index in [1.54, 1.807) is 0 Å². The molecule has 24 heavy (non-hydrogen) atoms. The lowest BCUT2D eigenvalue weighted by atomic mass is 10.0. The van der Waals surface area contributed by atoms with Gasteiger partial charge in [-0.15, -0.1) is 0 Å². The Morgan fingerprint density at radius 3 is 2.50 bits per heavy atom. The fourth-order valence-corrected chi connectivity index (χ4v) is 2.82. The summed E-state index contributed by atoms with van der Waals surface area (Å²) in [5, 5.41) is 2.92. The molecule has 0 bridgehead atoms. The summed E-state index contributed by atoms with van der Waals surface area (Å²) in [6.45, 7) is 9.59. The quantitative estimate of drug-likeness (QED) is 0.861. The SMILES string of the molecule is Cc1cccc(C(=O)CN2CCC(NC(=O)OC(C)(C)C)CC2)c1. The van der Waals surface area contributed by atoms with Gasteiger partial charge < -0.3 is 10.1 Å². The summed E-state index contributed by atoms with van der Waals surface area (Å²) in [7, 11) is 0. The third kappa shape index (κ3) is 5.96. The molecule has 1 aliphatic rings. The fraction of sp³-hybridized carbons (Fsp3) is 0.579. The molecule has 0 spiro atoms. The van der Waals surface area contributed by atoms with Crippen LogP contribution >= 0.6 is 0 Å². The molecule has 0 aromatic heterocycles. The average molecular weight is 332 g/mol. The second-order valence-corrected chi connectivity index (χ2v) is 7.49. The molecule has 5 nitrogen and oxygen atoms in total. The van der Waals surface area contributed by atoms with Crippen molar-refractivity contribution in [3.63, 3.8) is 0 Å². The number of Topliss-reactive ketones (excluding diaryl/α,β-unsaturated/α-hetero) is 1. The minimum atomic E-state index is -0.481. The lowest BCUT2D eigenvalue weighted by molar-refractivity contribution is 0.0476. The molecule has 0 aliphatic carbocycles. The first-order valence-corrected chi connectivity index (χ1v) is 8.55. The monoisotopic (exact) mass is 332 g/mol. The number of hydrogen-bond acceptors (Lipinski definition) is 4. The topological polar surface area (TPSA) is 58.6 Å². The Hall–Kier alpha value is -1.88. The van der Waals surface area contributed by atoms with Crippen LogP contribution < -0.4 is 5.32 Å². The van der Waals surface area contributed by atoms with E-state index < -0.39 is 5.60 Å². The first-order valence-electron chi connectivity index (χ1n) is 8.55. The highest BCUT2D eigenvalue weighted by Crippen LogP contribution is 2.14. The summed E-state index contributed by atoms with van der Waals surface area (Å²) in [6, 6.07) is 7.82. The summed E-state index contributed by atoms with van der Waals surface area (Å²) < 4.78 is 5.28. The number of piperidine rings is 1. The molecule has 132 valence electrons. The molecular weight excluding hydrogens is 304 g/mol. The molecule has 0 atom stereocenters. The highest BCUT2D eigenvalue weighted by molar-refractivity contribution is 5.97. The van der Waals surface area contributed by atoms with Crippen LogP contribution in [0, 0.1) is 6.92 Å². The van der Waals surface area contributed by atoms with Crippen molar-refractivity contribution >= 4 is 11.9 Å². The minimum absolute atomic E-state index is 0.116. The predicted octanol–water partition coefficient (Wildman–Crippen LogP) is 3.17. The smallest absolute Gasteiger partial charge is 0.407 e. The Labute approximate surface area is 144 Å². The number of ketones is 1. The molecule has 1 fully saturated rings. The van der Waals surface area contributed by atoms with Crippen LogP contribution in [0.1, 0.15) is 49.5 Å². The first kappa shape index (κ1) is 18.5. The van der Waals surface area contributed by atoms with E-state index in [9.17, 15) is 9.59 Å². The van der Waals surface area contributed by atoms with E-state index in [0.29, 0.717) is 6.54 Å². The maximum atomic E-state index is 12.3. The zero-order valence-electron chi connectivity index (χ0n) is 15.1.